The van der Waals surface area contributed by atoms with Crippen molar-refractivity contribution in [3.63, 3.8) is 0 Å². The third-order valence-corrected chi connectivity index (χ3v) is 5.38. The number of hydrogen-bond donors (Lipinski definition) is 1. The monoisotopic (exact) mass is 372 g/mol. The van der Waals surface area contributed by atoms with Crippen molar-refractivity contribution in [1.29, 1.82) is 0 Å². The summed E-state index contributed by atoms with van der Waals surface area (Å²) in [6.45, 7) is 0.820. The molecule has 0 radical (unpaired) electrons. The van der Waals surface area contributed by atoms with Crippen LogP contribution in [-0.2, 0) is 10.9 Å². The van der Waals surface area contributed by atoms with Gasteiger partial charge < -0.3 is 10.1 Å². The molecule has 0 atom stereocenters. The van der Waals surface area contributed by atoms with Crippen molar-refractivity contribution in [3.05, 3.63) is 23.1 Å². The normalized spacial score (nSPS) is 26.6. The Hall–Kier alpha value is -1.67. The quantitative estimate of drug-likeness (QED) is 0.800. The van der Waals surface area contributed by atoms with Gasteiger partial charge in [-0.25, -0.2) is 15.0 Å². The number of alkyl halides is 3. The Kier molecular flexibility index (Phi) is 3.99. The summed E-state index contributed by atoms with van der Waals surface area (Å²) in [5.74, 6) is 0.177. The first-order chi connectivity index (χ1) is 11.9. The van der Waals surface area contributed by atoms with Crippen molar-refractivity contribution in [2.75, 3.05) is 11.9 Å². The number of nitrogens with one attached hydrogen (secondary N) is 1. The Labute approximate surface area is 147 Å². The van der Waals surface area contributed by atoms with Crippen molar-refractivity contribution in [1.82, 2.24) is 15.0 Å². The molecule has 1 spiro atoms. The molecule has 0 bridgehead atoms. The number of hydrogen-bond acceptors (Lipinski definition) is 5. The van der Waals surface area contributed by atoms with Crippen molar-refractivity contribution in [3.8, 4) is 0 Å². The van der Waals surface area contributed by atoms with Crippen molar-refractivity contribution >= 4 is 28.5 Å². The van der Waals surface area contributed by atoms with E-state index in [9.17, 15) is 13.2 Å². The number of pyridine rings is 1. The molecule has 0 unspecified atom stereocenters. The summed E-state index contributed by atoms with van der Waals surface area (Å²) in [4.78, 5) is 11.8. The zero-order valence-electron chi connectivity index (χ0n) is 13.2. The smallest absolute Gasteiger partial charge is 0.375 e. The molecule has 1 saturated carbocycles. The van der Waals surface area contributed by atoms with Crippen LogP contribution in [-0.4, -0.2) is 33.2 Å². The van der Waals surface area contributed by atoms with Gasteiger partial charge in [0.2, 0.25) is 5.95 Å². The summed E-state index contributed by atoms with van der Waals surface area (Å²) < 4.78 is 45.3. The maximum atomic E-state index is 13.2. The van der Waals surface area contributed by atoms with Crippen LogP contribution >= 0.6 is 11.6 Å². The predicted octanol–water partition coefficient (Wildman–Crippen LogP) is 4.21. The van der Waals surface area contributed by atoms with Crippen molar-refractivity contribution in [2.45, 2.75) is 49.9 Å². The molecular weight excluding hydrogens is 357 g/mol. The predicted molar refractivity (Wildman–Crippen MR) is 86.5 cm³/mol. The summed E-state index contributed by atoms with van der Waals surface area (Å²) in [6.07, 6.45) is 2.18. The van der Waals surface area contributed by atoms with Gasteiger partial charge in [0, 0.05) is 18.4 Å². The average Bonchev–Trinajstić information content (AvgIpc) is 2.53. The van der Waals surface area contributed by atoms with Crippen LogP contribution < -0.4 is 5.32 Å². The third kappa shape index (κ3) is 3.13. The fraction of sp³-hybridized carbons (Fsp3) is 0.562. The van der Waals surface area contributed by atoms with E-state index >= 15 is 0 Å². The van der Waals surface area contributed by atoms with Gasteiger partial charge in [0.15, 0.2) is 0 Å². The minimum absolute atomic E-state index is 0.0328. The van der Waals surface area contributed by atoms with E-state index in [2.05, 4.69) is 20.3 Å². The first-order valence-electron chi connectivity index (χ1n) is 8.15. The number of halogens is 4. The number of aromatic nitrogens is 3. The highest BCUT2D eigenvalue weighted by Crippen LogP contribution is 2.41. The van der Waals surface area contributed by atoms with Gasteiger partial charge in [0.1, 0.15) is 10.7 Å². The number of anilines is 1. The van der Waals surface area contributed by atoms with Crippen LogP contribution in [0.15, 0.2) is 12.4 Å². The molecule has 1 saturated heterocycles. The molecule has 134 valence electrons. The number of rotatable bonds is 2. The lowest BCUT2D eigenvalue weighted by Gasteiger charge is -2.46. The van der Waals surface area contributed by atoms with Crippen LogP contribution in [0.1, 0.15) is 37.7 Å². The maximum absolute atomic E-state index is 13.2. The second-order valence-electron chi connectivity index (χ2n) is 6.62. The van der Waals surface area contributed by atoms with E-state index < -0.39 is 11.7 Å². The Morgan fingerprint density at radius 3 is 2.48 bits per heavy atom. The topological polar surface area (TPSA) is 59.9 Å². The number of fused-ring (bicyclic) bond motifs is 1. The number of ether oxygens (including phenoxy) is 1. The van der Waals surface area contributed by atoms with E-state index in [1.54, 1.807) is 0 Å². The molecule has 2 aromatic rings. The fourth-order valence-electron chi connectivity index (χ4n) is 3.52. The van der Waals surface area contributed by atoms with E-state index in [4.69, 9.17) is 16.3 Å². The minimum Gasteiger partial charge on any atom is -0.375 e. The Bertz CT molecular complexity index is 800. The highest BCUT2D eigenvalue weighted by molar-refractivity contribution is 6.34. The van der Waals surface area contributed by atoms with Gasteiger partial charge in [0.25, 0.3) is 0 Å². The van der Waals surface area contributed by atoms with Crippen LogP contribution in [0.2, 0.25) is 5.15 Å². The van der Waals surface area contributed by atoms with E-state index in [-0.39, 0.29) is 33.6 Å². The summed E-state index contributed by atoms with van der Waals surface area (Å²) in [7, 11) is 0. The second-order valence-corrected chi connectivity index (χ2v) is 6.97. The second kappa shape index (κ2) is 5.95. The van der Waals surface area contributed by atoms with Crippen molar-refractivity contribution in [2.24, 2.45) is 0 Å². The van der Waals surface area contributed by atoms with Crippen LogP contribution in [0.5, 0.6) is 0 Å². The highest BCUT2D eigenvalue weighted by Gasteiger charge is 2.41. The summed E-state index contributed by atoms with van der Waals surface area (Å²) in [5, 5.41) is 3.19. The average molecular weight is 373 g/mol. The Morgan fingerprint density at radius 1 is 1.16 bits per heavy atom. The maximum Gasteiger partial charge on any atom is 0.419 e. The fourth-order valence-corrected chi connectivity index (χ4v) is 3.71. The van der Waals surface area contributed by atoms with E-state index in [1.807, 2.05) is 0 Å². The first-order valence-corrected chi connectivity index (χ1v) is 8.53. The van der Waals surface area contributed by atoms with Gasteiger partial charge in [0.05, 0.1) is 23.1 Å². The number of nitrogens with zero attached hydrogens (tertiary/aromatic N) is 3. The van der Waals surface area contributed by atoms with Crippen LogP contribution in [0.4, 0.5) is 19.1 Å². The molecule has 9 heteroatoms. The third-order valence-electron chi connectivity index (χ3n) is 5.07. The van der Waals surface area contributed by atoms with E-state index in [0.717, 1.165) is 38.7 Å². The van der Waals surface area contributed by atoms with Gasteiger partial charge in [-0.15, -0.1) is 0 Å². The molecule has 3 heterocycles. The molecule has 25 heavy (non-hydrogen) atoms. The molecule has 1 aliphatic heterocycles. The lowest BCUT2D eigenvalue weighted by atomic mass is 9.77. The Balaban J connectivity index is 1.58. The molecule has 4 rings (SSSR count). The molecule has 1 N–H and O–H groups in total. The van der Waals surface area contributed by atoms with Gasteiger partial charge in [-0.05, 0) is 32.1 Å². The largest absolute Gasteiger partial charge is 0.419 e. The highest BCUT2D eigenvalue weighted by atomic mass is 35.5. The summed E-state index contributed by atoms with van der Waals surface area (Å²) in [5.41, 5.74) is -1.12. The zero-order chi connectivity index (χ0) is 17.7. The molecule has 2 fully saturated rings. The molecule has 5 nitrogen and oxygen atoms in total. The molecule has 0 aromatic carbocycles. The molecule has 0 amide bonds. The summed E-state index contributed by atoms with van der Waals surface area (Å²) in [6, 6.07) is 0.124. The molecule has 2 aromatic heterocycles. The van der Waals surface area contributed by atoms with Gasteiger partial charge in [-0.2, -0.15) is 13.2 Å². The first kappa shape index (κ1) is 16.8. The van der Waals surface area contributed by atoms with Gasteiger partial charge in [-0.3, -0.25) is 0 Å². The molecule has 1 aliphatic carbocycles. The standard InChI is InChI=1S/C16H16ClF3N4O/c17-13-10-7-22-14(24-12(10)11(8-21-13)16(18,19)20)23-9-1-3-15(4-2-9)5-6-25-15/h7-9H,1-6H2,(H,22,23,24). The molecular formula is C16H16ClF3N4O. The zero-order valence-corrected chi connectivity index (χ0v) is 14.0. The molecule has 2 aliphatic rings. The minimum atomic E-state index is -4.56. The van der Waals surface area contributed by atoms with Crippen LogP contribution in [0, 0.1) is 0 Å². The van der Waals surface area contributed by atoms with Gasteiger partial charge in [-0.1, -0.05) is 11.6 Å². The lowest BCUT2D eigenvalue weighted by Crippen LogP contribution is -2.48. The van der Waals surface area contributed by atoms with Crippen LogP contribution in [0.25, 0.3) is 10.9 Å². The Morgan fingerprint density at radius 2 is 1.88 bits per heavy atom. The van der Waals surface area contributed by atoms with E-state index in [1.165, 1.54) is 6.20 Å². The summed E-state index contributed by atoms with van der Waals surface area (Å²) >= 11 is 5.88. The van der Waals surface area contributed by atoms with Crippen LogP contribution in [0.3, 0.4) is 0 Å². The van der Waals surface area contributed by atoms with Crippen molar-refractivity contribution < 1.29 is 17.9 Å². The lowest BCUT2D eigenvalue weighted by molar-refractivity contribution is -0.165. The SMILES string of the molecule is FC(F)(F)c1cnc(Cl)c2cnc(NC3CCC4(CCO4)CC3)nc12. The van der Waals surface area contributed by atoms with E-state index in [0.29, 0.717) is 6.20 Å². The van der Waals surface area contributed by atoms with Gasteiger partial charge >= 0.3 is 6.18 Å².